The highest BCUT2D eigenvalue weighted by Gasteiger charge is 2.26. The van der Waals surface area contributed by atoms with Gasteiger partial charge in [0.15, 0.2) is 0 Å². The number of rotatable bonds is 7. The number of aliphatic carboxylic acids is 1. The number of carboxylic acid groups (broad SMARTS) is 1. The fraction of sp³-hybridized carbons (Fsp3) is 0.583. The topological polar surface area (TPSA) is 40.5 Å². The van der Waals surface area contributed by atoms with Gasteiger partial charge in [0.2, 0.25) is 0 Å². The van der Waals surface area contributed by atoms with E-state index in [1.807, 2.05) is 22.4 Å². The van der Waals surface area contributed by atoms with Crippen LogP contribution in [0.5, 0.6) is 0 Å². The molecule has 1 rings (SSSR count). The third-order valence-electron chi connectivity index (χ3n) is 2.43. The van der Waals surface area contributed by atoms with E-state index in [1.54, 1.807) is 0 Å². The fourth-order valence-corrected chi connectivity index (χ4v) is 2.70. The van der Waals surface area contributed by atoms with E-state index in [1.165, 1.54) is 11.3 Å². The zero-order chi connectivity index (χ0) is 12.0. The normalized spacial score (nSPS) is 12.9. The smallest absolute Gasteiger partial charge is 0.326 e. The lowest BCUT2D eigenvalue weighted by Crippen LogP contribution is -2.34. The molecule has 0 radical (unpaired) electrons. The van der Waals surface area contributed by atoms with Crippen molar-refractivity contribution in [3.8, 4) is 0 Å². The molecule has 1 N–H and O–H groups in total. The van der Waals surface area contributed by atoms with Gasteiger partial charge in [-0.3, -0.25) is 9.69 Å². The summed E-state index contributed by atoms with van der Waals surface area (Å²) in [5.41, 5.74) is 0. The molecule has 1 heterocycles. The van der Waals surface area contributed by atoms with Crippen molar-refractivity contribution in [2.75, 3.05) is 13.1 Å². The minimum absolute atomic E-state index is 0.472. The first-order chi connectivity index (χ1) is 7.70. The zero-order valence-electron chi connectivity index (χ0n) is 9.85. The molecule has 0 aliphatic carbocycles. The summed E-state index contributed by atoms with van der Waals surface area (Å²) < 4.78 is 0. The van der Waals surface area contributed by atoms with Gasteiger partial charge in [0, 0.05) is 4.88 Å². The summed E-state index contributed by atoms with van der Waals surface area (Å²) in [5.74, 6) is -0.746. The number of carbonyl (C=O) groups is 1. The maximum absolute atomic E-state index is 11.4. The molecule has 0 bridgehead atoms. The lowest BCUT2D eigenvalue weighted by atomic mass is 10.2. The van der Waals surface area contributed by atoms with E-state index in [2.05, 4.69) is 13.8 Å². The van der Waals surface area contributed by atoms with Crippen LogP contribution in [0.2, 0.25) is 0 Å². The second kappa shape index (κ2) is 6.66. The van der Waals surface area contributed by atoms with Crippen molar-refractivity contribution in [3.63, 3.8) is 0 Å². The van der Waals surface area contributed by atoms with Crippen LogP contribution in [0.1, 0.15) is 37.6 Å². The Morgan fingerprint density at radius 3 is 2.44 bits per heavy atom. The van der Waals surface area contributed by atoms with E-state index in [-0.39, 0.29) is 0 Å². The van der Waals surface area contributed by atoms with Crippen molar-refractivity contribution in [2.24, 2.45) is 0 Å². The van der Waals surface area contributed by atoms with Crippen LogP contribution < -0.4 is 0 Å². The quantitative estimate of drug-likeness (QED) is 0.797. The third-order valence-corrected chi connectivity index (χ3v) is 3.36. The highest BCUT2D eigenvalue weighted by Crippen LogP contribution is 2.25. The zero-order valence-corrected chi connectivity index (χ0v) is 10.7. The Morgan fingerprint density at radius 1 is 1.44 bits per heavy atom. The molecule has 1 aromatic heterocycles. The number of thiophene rings is 1. The lowest BCUT2D eigenvalue weighted by Gasteiger charge is -2.27. The van der Waals surface area contributed by atoms with Crippen molar-refractivity contribution < 1.29 is 9.90 Å². The number of hydrogen-bond acceptors (Lipinski definition) is 3. The first kappa shape index (κ1) is 13.2. The molecule has 0 aliphatic heterocycles. The summed E-state index contributed by atoms with van der Waals surface area (Å²) in [5, 5.41) is 11.3. The van der Waals surface area contributed by atoms with E-state index < -0.39 is 12.0 Å². The Labute approximate surface area is 101 Å². The highest BCUT2D eigenvalue weighted by atomic mass is 32.1. The van der Waals surface area contributed by atoms with Gasteiger partial charge in [-0.15, -0.1) is 11.3 Å². The van der Waals surface area contributed by atoms with Gasteiger partial charge in [-0.1, -0.05) is 19.9 Å². The second-order valence-electron chi connectivity index (χ2n) is 3.79. The maximum atomic E-state index is 11.4. The number of carboxylic acids is 1. The largest absolute Gasteiger partial charge is 0.480 e. The first-order valence-electron chi connectivity index (χ1n) is 5.71. The van der Waals surface area contributed by atoms with Gasteiger partial charge in [-0.2, -0.15) is 0 Å². The fourth-order valence-electron chi connectivity index (χ4n) is 1.85. The first-order valence-corrected chi connectivity index (χ1v) is 6.58. The average molecular weight is 241 g/mol. The molecule has 1 atom stereocenters. The third kappa shape index (κ3) is 3.32. The van der Waals surface area contributed by atoms with Crippen LogP contribution in [0, 0.1) is 0 Å². The van der Waals surface area contributed by atoms with Crippen LogP contribution in [-0.2, 0) is 4.79 Å². The van der Waals surface area contributed by atoms with Crippen molar-refractivity contribution >= 4 is 17.3 Å². The van der Waals surface area contributed by atoms with Crippen LogP contribution in [0.4, 0.5) is 0 Å². The Bertz CT molecular complexity index is 305. The summed E-state index contributed by atoms with van der Waals surface area (Å²) in [6.07, 6.45) is 1.96. The van der Waals surface area contributed by atoms with Gasteiger partial charge in [0.05, 0.1) is 0 Å². The highest BCUT2D eigenvalue weighted by molar-refractivity contribution is 7.10. The van der Waals surface area contributed by atoms with Gasteiger partial charge in [0.1, 0.15) is 6.04 Å². The number of hydrogen-bond donors (Lipinski definition) is 1. The molecule has 90 valence electrons. The molecule has 1 unspecified atom stereocenters. The minimum Gasteiger partial charge on any atom is -0.480 e. The molecule has 3 nitrogen and oxygen atoms in total. The monoisotopic (exact) mass is 241 g/mol. The SMILES string of the molecule is CCCN(CCC)C(C(=O)O)c1cccs1. The van der Waals surface area contributed by atoms with Crippen molar-refractivity contribution in [1.29, 1.82) is 0 Å². The molecule has 16 heavy (non-hydrogen) atoms. The molecule has 1 aromatic rings. The average Bonchev–Trinajstić information content (AvgIpc) is 2.71. The summed E-state index contributed by atoms with van der Waals surface area (Å²) in [4.78, 5) is 14.3. The van der Waals surface area contributed by atoms with Crippen molar-refractivity contribution in [2.45, 2.75) is 32.7 Å². The van der Waals surface area contributed by atoms with Crippen LogP contribution >= 0.6 is 11.3 Å². The molecular formula is C12H19NO2S. The predicted molar refractivity (Wildman–Crippen MR) is 66.9 cm³/mol. The minimum atomic E-state index is -0.746. The summed E-state index contributed by atoms with van der Waals surface area (Å²) in [6.45, 7) is 5.83. The molecule has 0 spiro atoms. The van der Waals surface area contributed by atoms with E-state index in [9.17, 15) is 9.90 Å². The summed E-state index contributed by atoms with van der Waals surface area (Å²) >= 11 is 1.52. The summed E-state index contributed by atoms with van der Waals surface area (Å²) in [7, 11) is 0. The van der Waals surface area contributed by atoms with Crippen LogP contribution in [0.3, 0.4) is 0 Å². The second-order valence-corrected chi connectivity index (χ2v) is 4.77. The Balaban J connectivity index is 2.85. The van der Waals surface area contributed by atoms with Gasteiger partial charge >= 0.3 is 5.97 Å². The van der Waals surface area contributed by atoms with Gasteiger partial charge in [-0.25, -0.2) is 0 Å². The molecule has 4 heteroatoms. The predicted octanol–water partition coefficient (Wildman–Crippen LogP) is 3.00. The van der Waals surface area contributed by atoms with Crippen LogP contribution in [0.25, 0.3) is 0 Å². The van der Waals surface area contributed by atoms with Crippen molar-refractivity contribution in [1.82, 2.24) is 4.90 Å². The van der Waals surface area contributed by atoms with E-state index in [0.29, 0.717) is 0 Å². The standard InChI is InChI=1S/C12H19NO2S/c1-3-7-13(8-4-2)11(12(14)15)10-6-5-9-16-10/h5-6,9,11H,3-4,7-8H2,1-2H3,(H,14,15). The van der Waals surface area contributed by atoms with Gasteiger partial charge < -0.3 is 5.11 Å². The van der Waals surface area contributed by atoms with Gasteiger partial charge in [0.25, 0.3) is 0 Å². The van der Waals surface area contributed by atoms with Crippen molar-refractivity contribution in [3.05, 3.63) is 22.4 Å². The van der Waals surface area contributed by atoms with Gasteiger partial charge in [-0.05, 0) is 37.4 Å². The van der Waals surface area contributed by atoms with E-state index in [4.69, 9.17) is 0 Å². The number of nitrogens with zero attached hydrogens (tertiary/aromatic N) is 1. The maximum Gasteiger partial charge on any atom is 0.326 e. The molecule has 0 fully saturated rings. The van der Waals surface area contributed by atoms with E-state index in [0.717, 1.165) is 30.8 Å². The van der Waals surface area contributed by atoms with Crippen LogP contribution in [-0.4, -0.2) is 29.1 Å². The Morgan fingerprint density at radius 2 is 2.06 bits per heavy atom. The lowest BCUT2D eigenvalue weighted by molar-refractivity contribution is -0.143. The summed E-state index contributed by atoms with van der Waals surface area (Å²) in [6, 6.07) is 3.34. The molecular weight excluding hydrogens is 222 g/mol. The van der Waals surface area contributed by atoms with Crippen LogP contribution in [0.15, 0.2) is 17.5 Å². The molecule has 0 amide bonds. The Hall–Kier alpha value is -0.870. The van der Waals surface area contributed by atoms with E-state index >= 15 is 0 Å². The molecule has 0 saturated carbocycles. The molecule has 0 saturated heterocycles. The molecule has 0 aliphatic rings. The molecule has 0 aromatic carbocycles. The Kier molecular flexibility index (Phi) is 5.49.